The summed E-state index contributed by atoms with van der Waals surface area (Å²) >= 11 is 0. The van der Waals surface area contributed by atoms with E-state index in [1.807, 2.05) is 4.68 Å². The second kappa shape index (κ2) is 6.34. The van der Waals surface area contributed by atoms with E-state index in [1.165, 1.54) is 0 Å². The zero-order valence-corrected chi connectivity index (χ0v) is 12.4. The summed E-state index contributed by atoms with van der Waals surface area (Å²) in [5, 5.41) is 7.42. The van der Waals surface area contributed by atoms with Crippen molar-refractivity contribution < 1.29 is 4.79 Å². The first-order valence-corrected chi connectivity index (χ1v) is 6.47. The third-order valence-corrected chi connectivity index (χ3v) is 3.15. The summed E-state index contributed by atoms with van der Waals surface area (Å²) in [6, 6.07) is -0.355. The van der Waals surface area contributed by atoms with Crippen LogP contribution in [0, 0.1) is 0 Å². The Kier molecular flexibility index (Phi) is 5.31. The fourth-order valence-corrected chi connectivity index (χ4v) is 2.02. The molecule has 0 radical (unpaired) electrons. The molecule has 1 aliphatic heterocycles. The van der Waals surface area contributed by atoms with Crippen LogP contribution in [0.5, 0.6) is 0 Å². The fourth-order valence-electron chi connectivity index (χ4n) is 2.02. The average Bonchev–Trinajstić information content (AvgIpc) is 2.71. The first kappa shape index (κ1) is 15.9. The third kappa shape index (κ3) is 3.67. The van der Waals surface area contributed by atoms with Crippen LogP contribution in [0.25, 0.3) is 0 Å². The largest absolute Gasteiger partial charge is 0.350 e. The van der Waals surface area contributed by atoms with E-state index >= 15 is 0 Å². The molecule has 1 aromatic heterocycles. The molecule has 1 amide bonds. The van der Waals surface area contributed by atoms with Crippen molar-refractivity contribution in [3.63, 3.8) is 0 Å². The van der Waals surface area contributed by atoms with Crippen molar-refractivity contribution in [2.24, 2.45) is 5.73 Å². The van der Waals surface area contributed by atoms with Crippen molar-refractivity contribution in [2.45, 2.75) is 58.2 Å². The number of amides is 1. The fraction of sp³-hybridized carbons (Fsp3) is 0.750. The maximum atomic E-state index is 11.6. The highest BCUT2D eigenvalue weighted by Gasteiger charge is 2.24. The number of hydrogen-bond acceptors (Lipinski definition) is 4. The number of nitrogens with one attached hydrogen (secondary N) is 1. The normalized spacial score (nSPS) is 19.5. The van der Waals surface area contributed by atoms with E-state index in [4.69, 9.17) is 5.73 Å². The summed E-state index contributed by atoms with van der Waals surface area (Å²) in [7, 11) is 0. The van der Waals surface area contributed by atoms with Gasteiger partial charge in [0.25, 0.3) is 0 Å². The standard InChI is InChI=1S/C12H21N5O.ClH/c1-7(2)11-15-10-5-4-9(6-17(10)16-11)14-12(18)8(3)13;/h7-9H,4-6,13H2,1-3H3,(H,14,18);1H/t8-,9?;/m1./s1. The zero-order chi connectivity index (χ0) is 13.3. The number of aromatic nitrogens is 3. The van der Waals surface area contributed by atoms with Crippen LogP contribution in [0.15, 0.2) is 0 Å². The van der Waals surface area contributed by atoms with Gasteiger partial charge in [-0.2, -0.15) is 5.10 Å². The van der Waals surface area contributed by atoms with Gasteiger partial charge in [0.05, 0.1) is 12.6 Å². The molecular weight excluding hydrogens is 266 g/mol. The molecule has 3 N–H and O–H groups in total. The first-order chi connectivity index (χ1) is 8.47. The molecule has 2 heterocycles. The van der Waals surface area contributed by atoms with Gasteiger partial charge in [-0.15, -0.1) is 12.4 Å². The lowest BCUT2D eigenvalue weighted by Gasteiger charge is -2.24. The van der Waals surface area contributed by atoms with E-state index in [0.717, 1.165) is 24.5 Å². The average molecular weight is 288 g/mol. The Morgan fingerprint density at radius 3 is 2.74 bits per heavy atom. The van der Waals surface area contributed by atoms with Crippen LogP contribution in [0.4, 0.5) is 0 Å². The van der Waals surface area contributed by atoms with Crippen molar-refractivity contribution in [1.29, 1.82) is 0 Å². The van der Waals surface area contributed by atoms with Gasteiger partial charge in [-0.1, -0.05) is 13.8 Å². The van der Waals surface area contributed by atoms with Gasteiger partial charge in [0, 0.05) is 18.4 Å². The van der Waals surface area contributed by atoms with Gasteiger partial charge in [0.15, 0.2) is 5.82 Å². The van der Waals surface area contributed by atoms with E-state index in [9.17, 15) is 4.79 Å². The SMILES string of the molecule is CC(C)c1nc2n(n1)CC(NC(=O)[C@@H](C)N)CC2.Cl. The second-order valence-corrected chi connectivity index (χ2v) is 5.26. The van der Waals surface area contributed by atoms with Gasteiger partial charge >= 0.3 is 0 Å². The number of carbonyl (C=O) groups is 1. The Hall–Kier alpha value is -1.14. The molecule has 0 spiro atoms. The maximum absolute atomic E-state index is 11.6. The summed E-state index contributed by atoms with van der Waals surface area (Å²) in [4.78, 5) is 16.1. The molecule has 19 heavy (non-hydrogen) atoms. The number of nitrogens with two attached hydrogens (primary N) is 1. The molecule has 0 aromatic carbocycles. The zero-order valence-electron chi connectivity index (χ0n) is 11.6. The smallest absolute Gasteiger partial charge is 0.236 e. The predicted octanol–water partition coefficient (Wildman–Crippen LogP) is 0.601. The molecule has 2 rings (SSSR count). The summed E-state index contributed by atoms with van der Waals surface area (Å²) in [5.41, 5.74) is 5.54. The molecule has 1 aromatic rings. The minimum Gasteiger partial charge on any atom is -0.350 e. The van der Waals surface area contributed by atoms with Crippen LogP contribution in [0.2, 0.25) is 0 Å². The molecule has 1 aliphatic rings. The van der Waals surface area contributed by atoms with Crippen LogP contribution in [-0.4, -0.2) is 32.8 Å². The van der Waals surface area contributed by atoms with Gasteiger partial charge in [0.2, 0.25) is 5.91 Å². The number of aryl methyl sites for hydroxylation is 1. The van der Waals surface area contributed by atoms with Crippen LogP contribution in [0.3, 0.4) is 0 Å². The Balaban J connectivity index is 0.00000180. The molecule has 2 atom stereocenters. The summed E-state index contributed by atoms with van der Waals surface area (Å²) in [5.74, 6) is 2.13. The lowest BCUT2D eigenvalue weighted by molar-refractivity contribution is -0.122. The number of hydrogen-bond donors (Lipinski definition) is 2. The van der Waals surface area contributed by atoms with E-state index < -0.39 is 6.04 Å². The molecule has 0 fully saturated rings. The van der Waals surface area contributed by atoms with E-state index in [0.29, 0.717) is 12.5 Å². The topological polar surface area (TPSA) is 85.8 Å². The van der Waals surface area contributed by atoms with E-state index in [-0.39, 0.29) is 24.4 Å². The molecule has 0 aliphatic carbocycles. The molecular formula is C12H22ClN5O. The number of rotatable bonds is 3. The Bertz CT molecular complexity index is 443. The van der Waals surface area contributed by atoms with Crippen molar-refractivity contribution in [3.05, 3.63) is 11.6 Å². The second-order valence-electron chi connectivity index (χ2n) is 5.26. The van der Waals surface area contributed by atoms with Gasteiger partial charge in [-0.25, -0.2) is 9.67 Å². The van der Waals surface area contributed by atoms with Crippen molar-refractivity contribution in [1.82, 2.24) is 20.1 Å². The highest BCUT2D eigenvalue weighted by atomic mass is 35.5. The number of nitrogens with zero attached hydrogens (tertiary/aromatic N) is 3. The summed E-state index contributed by atoms with van der Waals surface area (Å²) < 4.78 is 1.91. The molecule has 108 valence electrons. The van der Waals surface area contributed by atoms with Crippen molar-refractivity contribution in [3.8, 4) is 0 Å². The monoisotopic (exact) mass is 287 g/mol. The molecule has 0 saturated carbocycles. The minimum atomic E-state index is -0.464. The van der Waals surface area contributed by atoms with Crippen molar-refractivity contribution in [2.75, 3.05) is 0 Å². The molecule has 0 saturated heterocycles. The third-order valence-electron chi connectivity index (χ3n) is 3.15. The molecule has 7 heteroatoms. The van der Waals surface area contributed by atoms with Gasteiger partial charge < -0.3 is 11.1 Å². The molecule has 1 unspecified atom stereocenters. The Morgan fingerprint density at radius 1 is 1.47 bits per heavy atom. The van der Waals surface area contributed by atoms with Crippen LogP contribution < -0.4 is 11.1 Å². The molecule has 0 bridgehead atoms. The van der Waals surface area contributed by atoms with Gasteiger partial charge in [-0.05, 0) is 13.3 Å². The van der Waals surface area contributed by atoms with Crippen molar-refractivity contribution >= 4 is 18.3 Å². The predicted molar refractivity (Wildman–Crippen MR) is 75.3 cm³/mol. The maximum Gasteiger partial charge on any atom is 0.236 e. The lowest BCUT2D eigenvalue weighted by Crippen LogP contribution is -2.47. The highest BCUT2D eigenvalue weighted by molar-refractivity contribution is 5.85. The van der Waals surface area contributed by atoms with Crippen LogP contribution in [-0.2, 0) is 17.8 Å². The van der Waals surface area contributed by atoms with E-state index in [2.05, 4.69) is 29.2 Å². The highest BCUT2D eigenvalue weighted by Crippen LogP contribution is 2.16. The number of halogens is 1. The lowest BCUT2D eigenvalue weighted by atomic mass is 10.1. The van der Waals surface area contributed by atoms with Crippen LogP contribution >= 0.6 is 12.4 Å². The van der Waals surface area contributed by atoms with Crippen LogP contribution in [0.1, 0.15) is 44.8 Å². The Morgan fingerprint density at radius 2 is 2.16 bits per heavy atom. The van der Waals surface area contributed by atoms with Gasteiger partial charge in [-0.3, -0.25) is 4.79 Å². The van der Waals surface area contributed by atoms with Gasteiger partial charge in [0.1, 0.15) is 5.82 Å². The molecule has 6 nitrogen and oxygen atoms in total. The Labute approximate surface area is 119 Å². The number of carbonyl (C=O) groups excluding carboxylic acids is 1. The number of fused-ring (bicyclic) bond motifs is 1. The minimum absolute atomic E-state index is 0. The van der Waals surface area contributed by atoms with E-state index in [1.54, 1.807) is 6.92 Å². The summed E-state index contributed by atoms with van der Waals surface area (Å²) in [6.45, 7) is 6.54. The first-order valence-electron chi connectivity index (χ1n) is 6.47. The summed E-state index contributed by atoms with van der Waals surface area (Å²) in [6.07, 6.45) is 1.75. The quantitative estimate of drug-likeness (QED) is 0.852.